The van der Waals surface area contributed by atoms with Crippen molar-refractivity contribution in [3.63, 3.8) is 0 Å². The highest BCUT2D eigenvalue weighted by atomic mass is 16.3. The lowest BCUT2D eigenvalue weighted by Crippen LogP contribution is -2.16. The lowest BCUT2D eigenvalue weighted by molar-refractivity contribution is 0.265. The van der Waals surface area contributed by atoms with E-state index in [4.69, 9.17) is 0 Å². The molecule has 5 aliphatic carbocycles. The molecule has 12 aromatic carbocycles. The third kappa shape index (κ3) is 17.6. The van der Waals surface area contributed by atoms with E-state index in [1.165, 1.54) is 72.8 Å². The highest BCUT2D eigenvalue weighted by Gasteiger charge is 2.45. The van der Waals surface area contributed by atoms with Crippen molar-refractivity contribution in [3.05, 3.63) is 274 Å². The van der Waals surface area contributed by atoms with Crippen molar-refractivity contribution in [2.45, 2.75) is 267 Å². The Kier molecular flexibility index (Phi) is 30.4. The molecule has 0 fully saturated rings. The molecule has 0 heterocycles. The summed E-state index contributed by atoms with van der Waals surface area (Å²) in [5.41, 5.74) is -12.7. The number of hydrogen-bond donors (Lipinski definition) is 36. The van der Waals surface area contributed by atoms with E-state index in [2.05, 4.69) is 0 Å². The number of hydrogen-bond acceptors (Lipinski definition) is 36. The summed E-state index contributed by atoms with van der Waals surface area (Å²) in [5, 5.41) is 452. The molecule has 10 atom stereocenters. The summed E-state index contributed by atoms with van der Waals surface area (Å²) in [6, 6.07) is 16.5. The van der Waals surface area contributed by atoms with Crippen LogP contribution in [0.4, 0.5) is 0 Å². The SMILES string of the molecule is CCCC1c2cc(c(O)c(CO)c2O)C(c2ccc(O)c(CO)c2O)CCCC2c3cc(c(O)c(CO)c3O)C(CCCC3c4cc(c(O)c(CO)c4O)C4CCCC5c6cc(c(O)c(CO)c6O)Cc6cc(c(O)c(CO)c6O)CCCCC(c6cc5c(O)c(CO)c6O)c5cc(c(O)c(CO)c5O)C(CCCC(c5cc2c(O)c(CO)c5O)c2cc3c(O)c(CO)c2O)c2cc4c(O)c(CO)c2O)c2cc1c(O)c(CO)c2O. The average molecular weight is 2070 g/mol. The minimum atomic E-state index is -1.75. The van der Waals surface area contributed by atoms with Gasteiger partial charge in [0.2, 0.25) is 0 Å². The third-order valence-corrected chi connectivity index (χ3v) is 32.7. The van der Waals surface area contributed by atoms with Gasteiger partial charge in [0.05, 0.1) is 146 Å². The molecule has 30 bridgehead atoms. The Morgan fingerprint density at radius 1 is 0.173 bits per heavy atom. The highest BCUT2D eigenvalue weighted by Crippen LogP contribution is 2.64. The van der Waals surface area contributed by atoms with Gasteiger partial charge in [-0.05, 0) is 167 Å². The van der Waals surface area contributed by atoms with Crippen molar-refractivity contribution in [3.8, 4) is 138 Å². The molecule has 36 heteroatoms. The quantitative estimate of drug-likeness (QED) is 0.0453. The Bertz CT molecular complexity index is 7270. The van der Waals surface area contributed by atoms with Crippen LogP contribution in [0.3, 0.4) is 0 Å². The molecular weight excluding hydrogens is 1950 g/mol. The van der Waals surface area contributed by atoms with Gasteiger partial charge in [-0.1, -0.05) is 51.5 Å². The Morgan fingerprint density at radius 3 is 0.573 bits per heavy atom. The van der Waals surface area contributed by atoms with E-state index in [9.17, 15) is 184 Å². The van der Waals surface area contributed by atoms with Crippen molar-refractivity contribution < 1.29 is 184 Å². The third-order valence-electron chi connectivity index (χ3n) is 32.7. The van der Waals surface area contributed by atoms with Crippen LogP contribution in [0.2, 0.25) is 0 Å². The van der Waals surface area contributed by atoms with Crippen LogP contribution in [-0.4, -0.2) is 184 Å². The van der Waals surface area contributed by atoms with Crippen LogP contribution in [0, 0.1) is 0 Å². The second-order valence-electron chi connectivity index (χ2n) is 40.1. The van der Waals surface area contributed by atoms with E-state index in [1.54, 1.807) is 6.92 Å². The Morgan fingerprint density at radius 2 is 0.347 bits per heavy atom. The predicted octanol–water partition coefficient (Wildman–Crippen LogP) is 13.7. The summed E-state index contributed by atoms with van der Waals surface area (Å²) in [4.78, 5) is 0. The molecule has 0 saturated heterocycles. The minimum Gasteiger partial charge on any atom is -0.507 e. The Balaban J connectivity index is 1.02. The lowest BCUT2D eigenvalue weighted by atomic mass is 9.72. The number of aliphatic hydroxyl groups is 12. The van der Waals surface area contributed by atoms with Gasteiger partial charge in [0.1, 0.15) is 138 Å². The van der Waals surface area contributed by atoms with Crippen molar-refractivity contribution in [1.82, 2.24) is 0 Å². The molecule has 12 aromatic rings. The normalized spacial score (nSPS) is 19.4. The van der Waals surface area contributed by atoms with Gasteiger partial charge in [0, 0.05) is 177 Å². The number of fused-ring (bicyclic) bond motifs is 22. The number of aryl methyl sites for hydroxylation is 1. The number of aliphatic hydroxyl groups excluding tert-OH is 12. The Labute approximate surface area is 858 Å². The van der Waals surface area contributed by atoms with E-state index in [1.807, 2.05) is 0 Å². The topological polar surface area (TPSA) is 728 Å². The molecule has 0 amide bonds. The summed E-state index contributed by atoms with van der Waals surface area (Å²) < 4.78 is 0. The molecule has 0 saturated carbocycles. The monoisotopic (exact) mass is 2070 g/mol. The molecular formula is C114H124O36. The average Bonchev–Trinajstić information content (AvgIpc) is 0.736. The van der Waals surface area contributed by atoms with Gasteiger partial charge in [0.15, 0.2) is 0 Å². The molecule has 796 valence electrons. The van der Waals surface area contributed by atoms with E-state index >= 15 is 0 Å². The number of rotatable bonds is 15. The first-order valence-electron chi connectivity index (χ1n) is 50.0. The Hall–Kier alpha value is -14.6. The van der Waals surface area contributed by atoms with Crippen LogP contribution in [0.5, 0.6) is 138 Å². The van der Waals surface area contributed by atoms with Crippen molar-refractivity contribution >= 4 is 0 Å². The first kappa shape index (κ1) is 107. The van der Waals surface area contributed by atoms with Gasteiger partial charge in [-0.15, -0.1) is 0 Å². The number of aromatic hydroxyl groups is 24. The summed E-state index contributed by atoms with van der Waals surface area (Å²) in [5.74, 6) is -35.8. The van der Waals surface area contributed by atoms with Crippen LogP contribution in [0.15, 0.2) is 78.9 Å². The van der Waals surface area contributed by atoms with Gasteiger partial charge in [-0.25, -0.2) is 0 Å². The van der Waals surface area contributed by atoms with Crippen molar-refractivity contribution in [2.75, 3.05) is 0 Å². The molecule has 36 nitrogen and oxygen atoms in total. The van der Waals surface area contributed by atoms with Crippen LogP contribution < -0.4 is 0 Å². The maximum atomic E-state index is 13.6. The summed E-state index contributed by atoms with van der Waals surface area (Å²) in [6.07, 6.45) is -5.80. The molecule has 0 aliphatic heterocycles. The van der Waals surface area contributed by atoms with Gasteiger partial charge in [0.25, 0.3) is 0 Å². The zero-order valence-electron chi connectivity index (χ0n) is 81.8. The fourth-order valence-electron chi connectivity index (χ4n) is 24.8. The first-order chi connectivity index (χ1) is 71.9. The molecule has 10 unspecified atom stereocenters. The molecule has 150 heavy (non-hydrogen) atoms. The van der Waals surface area contributed by atoms with E-state index in [0.29, 0.717) is 0 Å². The van der Waals surface area contributed by atoms with Crippen LogP contribution >= 0.6 is 0 Å². The zero-order valence-corrected chi connectivity index (χ0v) is 81.8. The van der Waals surface area contributed by atoms with Crippen molar-refractivity contribution in [1.29, 1.82) is 0 Å². The first-order valence-corrected chi connectivity index (χ1v) is 50.0. The lowest BCUT2D eigenvalue weighted by Gasteiger charge is -2.33. The van der Waals surface area contributed by atoms with Crippen LogP contribution in [0.25, 0.3) is 0 Å². The number of benzene rings is 12. The largest absolute Gasteiger partial charge is 0.507 e. The van der Waals surface area contributed by atoms with Crippen LogP contribution in [-0.2, 0) is 92.1 Å². The fraction of sp³-hybridized carbons (Fsp3) is 0.368. The second-order valence-corrected chi connectivity index (χ2v) is 40.1. The van der Waals surface area contributed by atoms with Crippen LogP contribution in [0.1, 0.15) is 370 Å². The van der Waals surface area contributed by atoms with Gasteiger partial charge < -0.3 is 184 Å². The van der Waals surface area contributed by atoms with Gasteiger partial charge >= 0.3 is 0 Å². The molecule has 5 aliphatic rings. The number of phenols is 24. The van der Waals surface area contributed by atoms with Gasteiger partial charge in [-0.2, -0.15) is 0 Å². The summed E-state index contributed by atoms with van der Waals surface area (Å²) in [7, 11) is 0. The smallest absolute Gasteiger partial charge is 0.128 e. The molecule has 0 spiro atoms. The van der Waals surface area contributed by atoms with E-state index in [-0.39, 0.29) is 175 Å². The molecule has 36 N–H and O–H groups in total. The van der Waals surface area contributed by atoms with E-state index in [0.717, 1.165) is 6.07 Å². The fourth-order valence-corrected chi connectivity index (χ4v) is 24.8. The zero-order chi connectivity index (χ0) is 108. The molecule has 17 rings (SSSR count). The molecule has 0 aromatic heterocycles. The maximum Gasteiger partial charge on any atom is 0.128 e. The second kappa shape index (κ2) is 42.8. The predicted molar refractivity (Wildman–Crippen MR) is 537 cm³/mol. The maximum absolute atomic E-state index is 13.6. The van der Waals surface area contributed by atoms with E-state index < -0.39 is 419 Å². The summed E-state index contributed by atoms with van der Waals surface area (Å²) in [6.45, 7) is -12.4. The summed E-state index contributed by atoms with van der Waals surface area (Å²) >= 11 is 0. The highest BCUT2D eigenvalue weighted by molar-refractivity contribution is 5.74. The van der Waals surface area contributed by atoms with Crippen molar-refractivity contribution in [2.24, 2.45) is 0 Å². The van der Waals surface area contributed by atoms with Gasteiger partial charge in [-0.3, -0.25) is 0 Å². The molecule has 0 radical (unpaired) electrons. The standard InChI is InChI=1S/C114H124O36/c1-2-9-49-61-25-63(99(135)82(37-118)97(61)133)50(59-20-21-91(127)79(34-115)95(59)131)12-5-14-53-69-29-71(107(143)86(41-122)105(69)141)54(67-26-62(49)98(134)83(38-119)103(67)139)16-7-18-57-76-32-73(109(145)89(44-125)112(76)148)55-15-6-13-52-60-24-48(94(130)81(36-117)96(60)132)23-47-22-46(92(128)80(35-116)93(47)129)10-3-4-11-51(64-27-66(52)102(138)84(39-120)100(64)136)65-28-68(104(140)85(40-121)101(65)137)56(74-31-72(55)108(144)88(43-124)110(74)146)17-8-19-58(75-30-70(53)106(142)87(42-123)111(75)147)78-33-77(57)113(149)90(45-126)114(78)150/h20-22,24-33,49-58,115-150H,2-19,23,34-45H2,1H3. The minimum absolute atomic E-state index is 0.000424.